The van der Waals surface area contributed by atoms with Gasteiger partial charge in [0.1, 0.15) is 11.2 Å². The van der Waals surface area contributed by atoms with Crippen LogP contribution in [0.25, 0.3) is 110 Å². The van der Waals surface area contributed by atoms with Crippen molar-refractivity contribution in [1.29, 1.82) is 0 Å². The van der Waals surface area contributed by atoms with Crippen LogP contribution in [-0.2, 0) is 0 Å². The van der Waals surface area contributed by atoms with E-state index in [9.17, 15) is 0 Å². The standard InChI is InChI=1S/C48H28N2O/c1-2-12-29(13-3-1)32-18-9-22-39-44(32)37-20-10-23-40-46(37)47-41(27-26-35-34-16-4-6-21-38(34)50(39)48(35)47)49(40)31-15-8-14-30(28-31)33-19-11-25-43-45(33)36-17-5-7-24-42(36)51-43/h1-28H. The first kappa shape index (κ1) is 27.0. The van der Waals surface area contributed by atoms with Crippen molar-refractivity contribution in [2.45, 2.75) is 0 Å². The van der Waals surface area contributed by atoms with Crippen LogP contribution in [0, 0.1) is 0 Å². The first-order valence-electron chi connectivity index (χ1n) is 17.5. The predicted octanol–water partition coefficient (Wildman–Crippen LogP) is 13.2. The lowest BCUT2D eigenvalue weighted by Gasteiger charge is -2.12. The summed E-state index contributed by atoms with van der Waals surface area (Å²) in [5.74, 6) is 0. The largest absolute Gasteiger partial charge is 0.456 e. The Morgan fingerprint density at radius 3 is 1.92 bits per heavy atom. The van der Waals surface area contributed by atoms with Crippen molar-refractivity contribution in [1.82, 2.24) is 8.97 Å². The highest BCUT2D eigenvalue weighted by Crippen LogP contribution is 2.47. The third-order valence-electron chi connectivity index (χ3n) is 11.0. The van der Waals surface area contributed by atoms with Crippen LogP contribution in [0.15, 0.2) is 174 Å². The van der Waals surface area contributed by atoms with E-state index in [2.05, 4.69) is 173 Å². The molecule has 0 saturated heterocycles. The fraction of sp³-hybridized carbons (Fsp3) is 0. The molecule has 0 bridgehead atoms. The van der Waals surface area contributed by atoms with E-state index in [-0.39, 0.29) is 0 Å². The number of para-hydroxylation sites is 2. The molecule has 236 valence electrons. The van der Waals surface area contributed by atoms with Gasteiger partial charge in [-0.25, -0.2) is 0 Å². The van der Waals surface area contributed by atoms with Crippen LogP contribution in [0.4, 0.5) is 0 Å². The smallest absolute Gasteiger partial charge is 0.136 e. The van der Waals surface area contributed by atoms with E-state index in [0.717, 1.165) is 33.2 Å². The Labute approximate surface area is 292 Å². The molecular formula is C48H28N2O. The third kappa shape index (κ3) is 3.52. The van der Waals surface area contributed by atoms with Crippen molar-refractivity contribution in [2.24, 2.45) is 0 Å². The van der Waals surface area contributed by atoms with Gasteiger partial charge in [-0.2, -0.15) is 0 Å². The van der Waals surface area contributed by atoms with Crippen LogP contribution in [0.3, 0.4) is 0 Å². The summed E-state index contributed by atoms with van der Waals surface area (Å²) in [6, 6.07) is 61.7. The number of hydrogen-bond acceptors (Lipinski definition) is 1. The summed E-state index contributed by atoms with van der Waals surface area (Å²) in [5.41, 5.74) is 13.8. The van der Waals surface area contributed by atoms with E-state index in [4.69, 9.17) is 4.42 Å². The predicted molar refractivity (Wildman–Crippen MR) is 214 cm³/mol. The van der Waals surface area contributed by atoms with Crippen LogP contribution in [0.5, 0.6) is 0 Å². The maximum absolute atomic E-state index is 6.29. The van der Waals surface area contributed by atoms with E-state index in [0.29, 0.717) is 0 Å². The van der Waals surface area contributed by atoms with Gasteiger partial charge in [0.15, 0.2) is 0 Å². The Kier molecular flexibility index (Phi) is 5.23. The molecule has 0 spiro atoms. The molecule has 4 aromatic heterocycles. The van der Waals surface area contributed by atoms with E-state index < -0.39 is 0 Å². The lowest BCUT2D eigenvalue weighted by molar-refractivity contribution is 0.669. The maximum Gasteiger partial charge on any atom is 0.136 e. The molecule has 3 nitrogen and oxygen atoms in total. The van der Waals surface area contributed by atoms with E-state index in [1.807, 2.05) is 6.07 Å². The molecule has 0 amide bonds. The molecule has 0 aliphatic heterocycles. The number of fused-ring (bicyclic) bond motifs is 9. The lowest BCUT2D eigenvalue weighted by Crippen LogP contribution is -1.95. The molecule has 0 atom stereocenters. The van der Waals surface area contributed by atoms with Gasteiger partial charge in [-0.3, -0.25) is 0 Å². The molecule has 12 rings (SSSR count). The number of furan rings is 1. The Morgan fingerprint density at radius 2 is 1.00 bits per heavy atom. The average Bonchev–Trinajstić information content (AvgIpc) is 3.83. The van der Waals surface area contributed by atoms with Crippen LogP contribution < -0.4 is 0 Å². The maximum atomic E-state index is 6.29. The SMILES string of the molecule is c1ccc(-c2cccc3c2c2cccc4c2c2c(ccc5c6ccccc6n3c52)n4-c2cccc(-c3cccc4oc5ccccc5c34)c2)cc1. The monoisotopic (exact) mass is 648 g/mol. The van der Waals surface area contributed by atoms with Gasteiger partial charge in [0.2, 0.25) is 0 Å². The van der Waals surface area contributed by atoms with Crippen molar-refractivity contribution in [3.8, 4) is 27.9 Å². The highest BCUT2D eigenvalue weighted by atomic mass is 16.3. The normalized spacial score (nSPS) is 12.3. The zero-order chi connectivity index (χ0) is 33.2. The van der Waals surface area contributed by atoms with Gasteiger partial charge in [0, 0.05) is 43.4 Å². The fourth-order valence-electron chi connectivity index (χ4n) is 9.03. The zero-order valence-electron chi connectivity index (χ0n) is 27.5. The summed E-state index contributed by atoms with van der Waals surface area (Å²) in [4.78, 5) is 0. The van der Waals surface area contributed by atoms with Crippen molar-refractivity contribution < 1.29 is 4.42 Å². The molecule has 0 unspecified atom stereocenters. The van der Waals surface area contributed by atoms with Crippen molar-refractivity contribution in [3.63, 3.8) is 0 Å². The first-order chi connectivity index (χ1) is 25.3. The Balaban J connectivity index is 1.25. The van der Waals surface area contributed by atoms with Gasteiger partial charge >= 0.3 is 0 Å². The molecule has 12 aromatic rings. The molecule has 0 aliphatic carbocycles. The first-order valence-corrected chi connectivity index (χ1v) is 17.5. The number of hydrogen-bond donors (Lipinski definition) is 0. The number of nitrogens with zero attached hydrogens (tertiary/aromatic N) is 2. The van der Waals surface area contributed by atoms with E-state index in [1.54, 1.807) is 0 Å². The third-order valence-corrected chi connectivity index (χ3v) is 11.0. The van der Waals surface area contributed by atoms with Crippen LogP contribution >= 0.6 is 0 Å². The van der Waals surface area contributed by atoms with E-state index >= 15 is 0 Å². The Bertz CT molecular complexity index is 3360. The van der Waals surface area contributed by atoms with Crippen molar-refractivity contribution in [3.05, 3.63) is 170 Å². The molecule has 0 saturated carbocycles. The molecular weight excluding hydrogens is 621 g/mol. The minimum atomic E-state index is 0.908. The second-order valence-electron chi connectivity index (χ2n) is 13.6. The van der Waals surface area contributed by atoms with Crippen LogP contribution in [0.2, 0.25) is 0 Å². The molecule has 0 radical (unpaired) electrons. The number of rotatable bonds is 3. The molecule has 4 heterocycles. The Hall–Kier alpha value is -6.84. The summed E-state index contributed by atoms with van der Waals surface area (Å²) in [6.45, 7) is 0. The van der Waals surface area contributed by atoms with Crippen molar-refractivity contribution in [2.75, 3.05) is 0 Å². The van der Waals surface area contributed by atoms with Gasteiger partial charge < -0.3 is 13.4 Å². The topological polar surface area (TPSA) is 22.5 Å². The van der Waals surface area contributed by atoms with Gasteiger partial charge in [-0.05, 0) is 76.2 Å². The summed E-state index contributed by atoms with van der Waals surface area (Å²) in [6.07, 6.45) is 0. The van der Waals surface area contributed by atoms with Crippen molar-refractivity contribution >= 4 is 81.8 Å². The number of benzene rings is 8. The summed E-state index contributed by atoms with van der Waals surface area (Å²) in [7, 11) is 0. The van der Waals surface area contributed by atoms with Gasteiger partial charge in [-0.1, -0.05) is 121 Å². The van der Waals surface area contributed by atoms with Gasteiger partial charge in [0.05, 0.1) is 27.6 Å². The molecule has 8 aromatic carbocycles. The van der Waals surface area contributed by atoms with Crippen LogP contribution in [0.1, 0.15) is 0 Å². The second-order valence-corrected chi connectivity index (χ2v) is 13.6. The van der Waals surface area contributed by atoms with Gasteiger partial charge in [0.25, 0.3) is 0 Å². The summed E-state index contributed by atoms with van der Waals surface area (Å²) >= 11 is 0. The Morgan fingerprint density at radius 1 is 0.353 bits per heavy atom. The lowest BCUT2D eigenvalue weighted by atomic mass is 9.96. The quantitative estimate of drug-likeness (QED) is 0.187. The fourth-order valence-corrected chi connectivity index (χ4v) is 9.03. The number of aromatic nitrogens is 2. The molecule has 0 N–H and O–H groups in total. The summed E-state index contributed by atoms with van der Waals surface area (Å²) in [5, 5.41) is 9.94. The molecule has 0 fully saturated rings. The van der Waals surface area contributed by atoms with Gasteiger partial charge in [-0.15, -0.1) is 0 Å². The average molecular weight is 649 g/mol. The highest BCUT2D eigenvalue weighted by Gasteiger charge is 2.24. The second kappa shape index (κ2) is 9.87. The minimum Gasteiger partial charge on any atom is -0.456 e. The summed E-state index contributed by atoms with van der Waals surface area (Å²) < 4.78 is 11.3. The van der Waals surface area contributed by atoms with E-state index in [1.165, 1.54) is 76.6 Å². The molecule has 0 aliphatic rings. The highest BCUT2D eigenvalue weighted by molar-refractivity contribution is 6.34. The molecule has 3 heteroatoms. The van der Waals surface area contributed by atoms with Crippen LogP contribution in [-0.4, -0.2) is 8.97 Å². The minimum absolute atomic E-state index is 0.908. The zero-order valence-corrected chi connectivity index (χ0v) is 27.5. The molecule has 51 heavy (non-hydrogen) atoms.